The molecule has 7 nitrogen and oxygen atoms in total. The van der Waals surface area contributed by atoms with E-state index in [2.05, 4.69) is 36.5 Å². The van der Waals surface area contributed by atoms with Crippen molar-refractivity contribution < 1.29 is 9.53 Å². The van der Waals surface area contributed by atoms with Gasteiger partial charge in [-0.1, -0.05) is 12.1 Å². The fourth-order valence-corrected chi connectivity index (χ4v) is 4.89. The van der Waals surface area contributed by atoms with Crippen LogP contribution in [-0.4, -0.2) is 40.0 Å². The molecule has 0 radical (unpaired) electrons. The molecule has 170 valence electrons. The molecule has 1 amide bonds. The summed E-state index contributed by atoms with van der Waals surface area (Å²) in [5, 5.41) is 8.35. The van der Waals surface area contributed by atoms with Gasteiger partial charge in [-0.05, 0) is 72.6 Å². The Hall–Kier alpha value is -2.91. The van der Waals surface area contributed by atoms with E-state index in [1.807, 2.05) is 67.9 Å². The van der Waals surface area contributed by atoms with Crippen molar-refractivity contribution >= 4 is 51.2 Å². The highest BCUT2D eigenvalue weighted by Crippen LogP contribution is 2.37. The number of halogens is 1. The molecule has 33 heavy (non-hydrogen) atoms. The van der Waals surface area contributed by atoms with E-state index in [1.54, 1.807) is 13.3 Å². The van der Waals surface area contributed by atoms with Crippen LogP contribution in [0.1, 0.15) is 29.4 Å². The van der Waals surface area contributed by atoms with Crippen LogP contribution in [0.4, 0.5) is 5.69 Å². The van der Waals surface area contributed by atoms with Crippen LogP contribution in [0.25, 0.3) is 0 Å². The van der Waals surface area contributed by atoms with Crippen LogP contribution in [0, 0.1) is 13.8 Å². The number of fused-ring (bicyclic) bond motifs is 1. The molecular weight excluding hydrogens is 502 g/mol. The van der Waals surface area contributed by atoms with E-state index in [4.69, 9.17) is 4.74 Å². The van der Waals surface area contributed by atoms with Crippen LogP contribution < -0.4 is 10.2 Å². The van der Waals surface area contributed by atoms with Crippen LogP contribution in [0.3, 0.4) is 0 Å². The number of aromatic nitrogens is 2. The predicted octanol–water partition coefficient (Wildman–Crippen LogP) is 5.04. The van der Waals surface area contributed by atoms with Crippen molar-refractivity contribution in [3.63, 3.8) is 0 Å². The molecule has 1 atom stereocenters. The molecule has 9 heteroatoms. The Morgan fingerprint density at radius 3 is 2.79 bits per heavy atom. The lowest BCUT2D eigenvalue weighted by atomic mass is 10.1. The number of para-hydroxylation sites is 1. The van der Waals surface area contributed by atoms with Gasteiger partial charge in [-0.2, -0.15) is 10.2 Å². The topological polar surface area (TPSA) is 80.9 Å². The van der Waals surface area contributed by atoms with E-state index in [0.717, 1.165) is 49.0 Å². The Morgan fingerprint density at radius 1 is 1.27 bits per heavy atom. The summed E-state index contributed by atoms with van der Waals surface area (Å²) < 4.78 is 8.46. The van der Waals surface area contributed by atoms with Gasteiger partial charge in [-0.15, -0.1) is 11.8 Å². The molecule has 1 aliphatic heterocycles. The van der Waals surface area contributed by atoms with Gasteiger partial charge in [0, 0.05) is 16.2 Å². The third-order valence-corrected chi connectivity index (χ3v) is 7.87. The quantitative estimate of drug-likeness (QED) is 0.361. The summed E-state index contributed by atoms with van der Waals surface area (Å²) >= 11 is 5.06. The van der Waals surface area contributed by atoms with Crippen molar-refractivity contribution in [3.05, 3.63) is 69.5 Å². The maximum atomic E-state index is 12.7. The zero-order valence-corrected chi connectivity index (χ0v) is 21.2. The molecule has 1 aromatic heterocycles. The third kappa shape index (κ3) is 5.04. The number of thioether (sulfide) groups is 1. The lowest BCUT2D eigenvalue weighted by Gasteiger charge is -2.20. The first kappa shape index (κ1) is 23.3. The van der Waals surface area contributed by atoms with Crippen molar-refractivity contribution in [2.24, 2.45) is 10.1 Å². The predicted molar refractivity (Wildman–Crippen MR) is 136 cm³/mol. The third-order valence-electron chi connectivity index (χ3n) is 5.33. The number of nitrogens with zero attached hydrogens (tertiary/aromatic N) is 4. The molecule has 2 heterocycles. The average molecular weight is 526 g/mol. The first-order valence-corrected chi connectivity index (χ1v) is 12.0. The van der Waals surface area contributed by atoms with Gasteiger partial charge in [-0.25, -0.2) is 5.43 Å². The summed E-state index contributed by atoms with van der Waals surface area (Å²) in [5.41, 5.74) is 8.11. The molecule has 1 aliphatic rings. The molecule has 3 aromatic rings. The second-order valence-corrected chi connectivity index (χ2v) is 9.61. The van der Waals surface area contributed by atoms with Crippen molar-refractivity contribution in [2.45, 2.75) is 37.5 Å². The van der Waals surface area contributed by atoms with Crippen molar-refractivity contribution in [2.75, 3.05) is 7.11 Å². The van der Waals surface area contributed by atoms with E-state index >= 15 is 0 Å². The number of methoxy groups -OCH3 is 1. The molecule has 0 fully saturated rings. The molecule has 0 bridgehead atoms. The minimum absolute atomic E-state index is 0.201. The molecule has 0 aliphatic carbocycles. The number of hydrogen-bond acceptors (Lipinski definition) is 6. The molecule has 1 unspecified atom stereocenters. The van der Waals surface area contributed by atoms with E-state index in [0.29, 0.717) is 6.54 Å². The van der Waals surface area contributed by atoms with E-state index in [1.165, 1.54) is 11.8 Å². The molecular formula is C24H24BrN5O2S. The van der Waals surface area contributed by atoms with Gasteiger partial charge in [-0.3, -0.25) is 14.5 Å². The smallest absolute Gasteiger partial charge is 0.259 e. The molecule has 2 aromatic carbocycles. The Kier molecular flexibility index (Phi) is 6.99. The van der Waals surface area contributed by atoms with Gasteiger partial charge >= 0.3 is 0 Å². The molecule has 0 spiro atoms. The van der Waals surface area contributed by atoms with Gasteiger partial charge in [0.1, 0.15) is 11.0 Å². The summed E-state index contributed by atoms with van der Waals surface area (Å²) in [6, 6.07) is 13.6. The van der Waals surface area contributed by atoms with E-state index in [-0.39, 0.29) is 5.91 Å². The lowest BCUT2D eigenvalue weighted by molar-refractivity contribution is -0.119. The number of aryl methyl sites for hydroxylation is 1. The number of carbonyl (C=O) groups excluding carboxylic acids is 1. The maximum absolute atomic E-state index is 12.7. The van der Waals surface area contributed by atoms with Crippen molar-refractivity contribution in [3.8, 4) is 5.75 Å². The largest absolute Gasteiger partial charge is 0.496 e. The van der Waals surface area contributed by atoms with E-state index < -0.39 is 5.25 Å². The van der Waals surface area contributed by atoms with E-state index in [9.17, 15) is 4.79 Å². The van der Waals surface area contributed by atoms with Gasteiger partial charge in [0.15, 0.2) is 0 Å². The molecule has 0 saturated heterocycles. The number of carbonyl (C=O) groups is 1. The summed E-state index contributed by atoms with van der Waals surface area (Å²) in [6.07, 6.45) is 1.63. The van der Waals surface area contributed by atoms with Crippen LogP contribution in [-0.2, 0) is 11.3 Å². The molecule has 1 N–H and O–H groups in total. The SMILES string of the molecule is COc1ccc(C=NNC(=O)C2Sc3ccccc3N=C2C)cc1Cn1nc(C)c(Br)c1C. The Balaban J connectivity index is 1.47. The van der Waals surface area contributed by atoms with Crippen LogP contribution in [0.5, 0.6) is 5.75 Å². The monoisotopic (exact) mass is 525 g/mol. The van der Waals surface area contributed by atoms with Crippen LogP contribution in [0.2, 0.25) is 0 Å². The first-order chi connectivity index (χ1) is 15.9. The Labute approximate surface area is 205 Å². The number of amides is 1. The standard InChI is InChI=1S/C24H24BrN5O2S/c1-14-22(25)16(3)30(29-14)13-18-11-17(9-10-20(18)32-4)12-26-28-24(31)23-15(2)27-19-7-5-6-8-21(19)33-23/h5-12,23H,13H2,1-4H3,(H,28,31). The number of hydrogen-bond donors (Lipinski definition) is 1. The number of aliphatic imine (C=N–C) groups is 1. The first-order valence-electron chi connectivity index (χ1n) is 10.4. The van der Waals surface area contributed by atoms with Gasteiger partial charge in [0.05, 0.1) is 41.4 Å². The highest BCUT2D eigenvalue weighted by molar-refractivity contribution is 9.10. The van der Waals surface area contributed by atoms with Crippen molar-refractivity contribution in [1.29, 1.82) is 0 Å². The van der Waals surface area contributed by atoms with Crippen molar-refractivity contribution in [1.82, 2.24) is 15.2 Å². The fraction of sp³-hybridized carbons (Fsp3) is 0.250. The Morgan fingerprint density at radius 2 is 2.06 bits per heavy atom. The zero-order valence-electron chi connectivity index (χ0n) is 18.8. The van der Waals surface area contributed by atoms with Crippen LogP contribution in [0.15, 0.2) is 61.9 Å². The normalized spacial score (nSPS) is 15.3. The number of hydrazone groups is 1. The maximum Gasteiger partial charge on any atom is 0.259 e. The fourth-order valence-electron chi connectivity index (χ4n) is 3.58. The number of benzene rings is 2. The second kappa shape index (κ2) is 9.93. The number of rotatable bonds is 6. The highest BCUT2D eigenvalue weighted by atomic mass is 79.9. The van der Waals surface area contributed by atoms with Gasteiger partial charge in [0.2, 0.25) is 0 Å². The molecule has 4 rings (SSSR count). The average Bonchev–Trinajstić information content (AvgIpc) is 3.05. The zero-order chi connectivity index (χ0) is 23.5. The highest BCUT2D eigenvalue weighted by Gasteiger charge is 2.27. The molecule has 0 saturated carbocycles. The van der Waals surface area contributed by atoms with Gasteiger partial charge < -0.3 is 4.74 Å². The summed E-state index contributed by atoms with van der Waals surface area (Å²) in [4.78, 5) is 18.3. The minimum atomic E-state index is -0.409. The minimum Gasteiger partial charge on any atom is -0.496 e. The summed E-state index contributed by atoms with van der Waals surface area (Å²) in [7, 11) is 1.65. The second-order valence-electron chi connectivity index (χ2n) is 7.67. The number of ether oxygens (including phenoxy) is 1. The Bertz CT molecular complexity index is 1270. The van der Waals surface area contributed by atoms with Gasteiger partial charge in [0.25, 0.3) is 5.91 Å². The summed E-state index contributed by atoms with van der Waals surface area (Å²) in [5.74, 6) is 0.567. The van der Waals surface area contributed by atoms with Crippen LogP contribution >= 0.6 is 27.7 Å². The lowest BCUT2D eigenvalue weighted by Crippen LogP contribution is -2.35. The number of nitrogens with one attached hydrogen (secondary N) is 1. The summed E-state index contributed by atoms with van der Waals surface area (Å²) in [6.45, 7) is 6.41.